The van der Waals surface area contributed by atoms with Gasteiger partial charge in [-0.15, -0.1) is 0 Å². The Hall–Kier alpha value is -3.02. The van der Waals surface area contributed by atoms with Crippen molar-refractivity contribution in [2.24, 2.45) is 5.92 Å². The zero-order valence-corrected chi connectivity index (χ0v) is 16.6. The number of amides is 2. The van der Waals surface area contributed by atoms with E-state index in [1.165, 1.54) is 0 Å². The van der Waals surface area contributed by atoms with E-state index in [9.17, 15) is 9.59 Å². The zero-order valence-electron chi connectivity index (χ0n) is 16.6. The van der Waals surface area contributed by atoms with Crippen LogP contribution in [0.2, 0.25) is 0 Å². The smallest absolute Gasteiger partial charge is 0.251 e. The average molecular weight is 382 g/mol. The van der Waals surface area contributed by atoms with E-state index in [2.05, 4.69) is 10.6 Å². The number of hydrogen-bond acceptors (Lipinski definition) is 4. The molecule has 1 heterocycles. The van der Waals surface area contributed by atoms with Crippen molar-refractivity contribution in [3.8, 4) is 11.5 Å². The van der Waals surface area contributed by atoms with E-state index >= 15 is 0 Å². The third-order valence-corrected chi connectivity index (χ3v) is 4.74. The molecule has 0 aliphatic carbocycles. The first kappa shape index (κ1) is 19.7. The number of anilines is 1. The number of nitrogens with one attached hydrogen (secondary N) is 2. The molecular formula is C22H26N2O4. The van der Waals surface area contributed by atoms with Crippen molar-refractivity contribution in [2.75, 3.05) is 5.32 Å². The monoisotopic (exact) mass is 382 g/mol. The van der Waals surface area contributed by atoms with Crippen molar-refractivity contribution in [3.63, 3.8) is 0 Å². The quantitative estimate of drug-likeness (QED) is 0.792. The molecular weight excluding hydrogens is 356 g/mol. The van der Waals surface area contributed by atoms with Crippen LogP contribution in [0, 0.1) is 5.92 Å². The lowest BCUT2D eigenvalue weighted by atomic mass is 9.97. The van der Waals surface area contributed by atoms with Crippen molar-refractivity contribution >= 4 is 17.5 Å². The molecule has 6 nitrogen and oxygen atoms in total. The third-order valence-electron chi connectivity index (χ3n) is 4.74. The fourth-order valence-electron chi connectivity index (χ4n) is 3.04. The highest BCUT2D eigenvalue weighted by atomic mass is 16.7. The summed E-state index contributed by atoms with van der Waals surface area (Å²) in [6.45, 7) is 7.58. The van der Waals surface area contributed by atoms with Crippen LogP contribution in [0.5, 0.6) is 11.5 Å². The summed E-state index contributed by atoms with van der Waals surface area (Å²) in [5.74, 6) is -0.0747. The first-order chi connectivity index (χ1) is 13.3. The van der Waals surface area contributed by atoms with Gasteiger partial charge in [-0.2, -0.15) is 0 Å². The Balaban J connectivity index is 1.73. The summed E-state index contributed by atoms with van der Waals surface area (Å²) in [6, 6.07) is 13.5. The predicted molar refractivity (Wildman–Crippen MR) is 108 cm³/mol. The van der Waals surface area contributed by atoms with Gasteiger partial charge in [-0.25, -0.2) is 0 Å². The van der Waals surface area contributed by atoms with Crippen LogP contribution in [0.1, 0.15) is 44.5 Å². The second kappa shape index (κ2) is 7.92. The van der Waals surface area contributed by atoms with Crippen LogP contribution in [0.15, 0.2) is 48.5 Å². The summed E-state index contributed by atoms with van der Waals surface area (Å²) in [4.78, 5) is 25.4. The predicted octanol–water partition coefficient (Wildman–Crippen LogP) is 3.98. The summed E-state index contributed by atoms with van der Waals surface area (Å²) in [5, 5.41) is 5.74. The largest absolute Gasteiger partial charge is 0.449 e. The van der Waals surface area contributed by atoms with Gasteiger partial charge in [0.1, 0.15) is 6.04 Å². The molecule has 3 rings (SSSR count). The number of hydrogen-bond donors (Lipinski definition) is 2. The minimum Gasteiger partial charge on any atom is -0.449 e. The lowest BCUT2D eigenvalue weighted by Gasteiger charge is -2.23. The molecule has 2 aromatic carbocycles. The number of benzene rings is 2. The minimum atomic E-state index is -0.728. The van der Waals surface area contributed by atoms with Gasteiger partial charge in [-0.3, -0.25) is 9.59 Å². The molecule has 0 spiro atoms. The molecule has 148 valence electrons. The first-order valence-electron chi connectivity index (χ1n) is 9.48. The molecule has 0 fully saturated rings. The molecule has 2 amide bonds. The maximum atomic E-state index is 12.9. The maximum absolute atomic E-state index is 12.9. The fourth-order valence-corrected chi connectivity index (χ4v) is 3.04. The van der Waals surface area contributed by atoms with E-state index in [4.69, 9.17) is 9.47 Å². The third kappa shape index (κ3) is 4.44. The molecule has 0 saturated carbocycles. The average Bonchev–Trinajstić information content (AvgIpc) is 2.98. The number of rotatable bonds is 6. The molecule has 1 aliphatic rings. The number of fused-ring (bicyclic) bond motifs is 1. The van der Waals surface area contributed by atoms with Gasteiger partial charge in [0, 0.05) is 31.2 Å². The molecule has 0 bridgehead atoms. The highest BCUT2D eigenvalue weighted by Crippen LogP contribution is 2.40. The number of carbonyl (C=O) groups is 2. The summed E-state index contributed by atoms with van der Waals surface area (Å²) in [6.07, 6.45) is 0.752. The van der Waals surface area contributed by atoms with Gasteiger partial charge in [0.2, 0.25) is 11.7 Å². The molecule has 1 aliphatic heterocycles. The van der Waals surface area contributed by atoms with E-state index in [0.29, 0.717) is 22.7 Å². The zero-order chi connectivity index (χ0) is 20.3. The Morgan fingerprint density at radius 1 is 1.04 bits per heavy atom. The summed E-state index contributed by atoms with van der Waals surface area (Å²) in [7, 11) is 0. The van der Waals surface area contributed by atoms with E-state index in [0.717, 1.165) is 6.42 Å². The van der Waals surface area contributed by atoms with E-state index in [1.807, 2.05) is 33.8 Å². The fraction of sp³-hybridized carbons (Fsp3) is 0.364. The van der Waals surface area contributed by atoms with Crippen LogP contribution in [-0.2, 0) is 4.79 Å². The van der Waals surface area contributed by atoms with Crippen molar-refractivity contribution < 1.29 is 19.1 Å². The normalized spacial score (nSPS) is 16.1. The molecule has 2 unspecified atom stereocenters. The van der Waals surface area contributed by atoms with Crippen LogP contribution in [0.25, 0.3) is 0 Å². The molecule has 0 saturated heterocycles. The highest BCUT2D eigenvalue weighted by Gasteiger charge is 2.32. The van der Waals surface area contributed by atoms with Crippen molar-refractivity contribution in [2.45, 2.75) is 45.9 Å². The summed E-state index contributed by atoms with van der Waals surface area (Å²) < 4.78 is 11.4. The number of carbonyl (C=O) groups excluding carboxylic acids is 2. The van der Waals surface area contributed by atoms with Crippen LogP contribution in [-0.4, -0.2) is 23.6 Å². The Kier molecular flexibility index (Phi) is 5.58. The van der Waals surface area contributed by atoms with Gasteiger partial charge in [0.25, 0.3) is 5.91 Å². The highest BCUT2D eigenvalue weighted by molar-refractivity contribution is 6.01. The molecule has 28 heavy (non-hydrogen) atoms. The van der Waals surface area contributed by atoms with Crippen molar-refractivity contribution in [3.05, 3.63) is 54.1 Å². The molecule has 2 N–H and O–H groups in total. The van der Waals surface area contributed by atoms with Crippen LogP contribution in [0.3, 0.4) is 0 Å². The second-order valence-corrected chi connectivity index (χ2v) is 7.46. The SMILES string of the molecule is CCC(C)C(NC(=O)c1ccccc1)C(=O)Nc1ccc2c(c1)OC(C)(C)O2. The molecule has 0 radical (unpaired) electrons. The standard InChI is InChI=1S/C22H26N2O4/c1-5-14(2)19(24-20(25)15-9-7-6-8-10-15)21(26)23-16-11-12-17-18(13-16)28-22(3,4)27-17/h6-14,19H,5H2,1-4H3,(H,23,26)(H,24,25). The van der Waals surface area contributed by atoms with Crippen LogP contribution >= 0.6 is 0 Å². The van der Waals surface area contributed by atoms with Crippen LogP contribution in [0.4, 0.5) is 5.69 Å². The topological polar surface area (TPSA) is 76.7 Å². The Morgan fingerprint density at radius 3 is 2.39 bits per heavy atom. The molecule has 2 aromatic rings. The Morgan fingerprint density at radius 2 is 1.71 bits per heavy atom. The lowest BCUT2D eigenvalue weighted by Crippen LogP contribution is -2.47. The Labute approximate surface area is 165 Å². The van der Waals surface area contributed by atoms with Crippen molar-refractivity contribution in [1.29, 1.82) is 0 Å². The van der Waals surface area contributed by atoms with Gasteiger partial charge in [0.15, 0.2) is 11.5 Å². The second-order valence-electron chi connectivity index (χ2n) is 7.46. The Bertz CT molecular complexity index is 864. The van der Waals surface area contributed by atoms with E-state index in [-0.39, 0.29) is 17.7 Å². The van der Waals surface area contributed by atoms with E-state index in [1.54, 1.807) is 42.5 Å². The number of ether oxygens (including phenoxy) is 2. The van der Waals surface area contributed by atoms with Gasteiger partial charge in [-0.1, -0.05) is 38.5 Å². The summed E-state index contributed by atoms with van der Waals surface area (Å²) >= 11 is 0. The minimum absolute atomic E-state index is 0.0272. The maximum Gasteiger partial charge on any atom is 0.251 e. The van der Waals surface area contributed by atoms with Gasteiger partial charge >= 0.3 is 0 Å². The van der Waals surface area contributed by atoms with Crippen LogP contribution < -0.4 is 20.1 Å². The summed E-state index contributed by atoms with van der Waals surface area (Å²) in [5.41, 5.74) is 1.11. The van der Waals surface area contributed by atoms with Gasteiger partial charge in [-0.05, 0) is 30.2 Å². The van der Waals surface area contributed by atoms with Gasteiger partial charge in [0.05, 0.1) is 0 Å². The molecule has 2 atom stereocenters. The molecule has 0 aromatic heterocycles. The molecule has 6 heteroatoms. The lowest BCUT2D eigenvalue weighted by molar-refractivity contribution is -0.119. The van der Waals surface area contributed by atoms with Crippen molar-refractivity contribution in [1.82, 2.24) is 5.32 Å². The van der Waals surface area contributed by atoms with Gasteiger partial charge < -0.3 is 20.1 Å². The first-order valence-corrected chi connectivity index (χ1v) is 9.48. The van der Waals surface area contributed by atoms with E-state index < -0.39 is 11.8 Å².